The number of hydrogen-bond donors (Lipinski definition) is 0. The molecule has 4 bridgehead atoms. The predicted octanol–water partition coefficient (Wildman–Crippen LogP) is 1.45. The van der Waals surface area contributed by atoms with Crippen LogP contribution >= 0.6 is 0 Å². The zero-order chi connectivity index (χ0) is 11.6. The lowest BCUT2D eigenvalue weighted by molar-refractivity contribution is -0.117. The Morgan fingerprint density at radius 3 is 2.29 bits per heavy atom. The molecule has 5 aliphatic rings. The third kappa shape index (κ3) is 1.15. The summed E-state index contributed by atoms with van der Waals surface area (Å²) in [6.07, 6.45) is 7.07. The van der Waals surface area contributed by atoms with Gasteiger partial charge in [0.25, 0.3) is 5.78 Å². The van der Waals surface area contributed by atoms with Crippen LogP contribution in [0.5, 0.6) is 0 Å². The summed E-state index contributed by atoms with van der Waals surface area (Å²) in [6.45, 7) is 0. The molecular formula is C13H16N2O2. The third-order valence-corrected chi connectivity index (χ3v) is 5.53. The predicted molar refractivity (Wildman–Crippen MR) is 59.3 cm³/mol. The van der Waals surface area contributed by atoms with Crippen LogP contribution < -0.4 is 0 Å². The minimum atomic E-state index is -0.312. The van der Waals surface area contributed by atoms with E-state index < -0.39 is 0 Å². The van der Waals surface area contributed by atoms with Crippen LogP contribution in [0.1, 0.15) is 32.1 Å². The fourth-order valence-electron chi connectivity index (χ4n) is 5.12. The second-order valence-corrected chi connectivity index (χ2v) is 6.30. The molecule has 0 N–H and O–H groups in total. The van der Waals surface area contributed by atoms with E-state index in [9.17, 15) is 4.79 Å². The summed E-state index contributed by atoms with van der Waals surface area (Å²) in [5.74, 6) is 2.78. The third-order valence-electron chi connectivity index (χ3n) is 5.53. The SMILES string of the molecule is [N-]=[N+]=CC(=O)[C@H]1OC12C1CC3CC(C1)CC2C3. The van der Waals surface area contributed by atoms with Crippen molar-refractivity contribution in [2.45, 2.75) is 43.8 Å². The lowest BCUT2D eigenvalue weighted by Crippen LogP contribution is -2.52. The maximum absolute atomic E-state index is 11.8. The largest absolute Gasteiger partial charge is 0.361 e. The van der Waals surface area contributed by atoms with Crippen molar-refractivity contribution in [3.8, 4) is 0 Å². The van der Waals surface area contributed by atoms with E-state index in [2.05, 4.69) is 4.79 Å². The van der Waals surface area contributed by atoms with Gasteiger partial charge in [-0.25, -0.2) is 0 Å². The average molecular weight is 232 g/mol. The Balaban J connectivity index is 1.64. The molecule has 5 rings (SSSR count). The highest BCUT2D eigenvalue weighted by Gasteiger charge is 2.73. The van der Waals surface area contributed by atoms with Crippen molar-refractivity contribution in [3.63, 3.8) is 0 Å². The number of nitrogens with zero attached hydrogens (tertiary/aromatic N) is 2. The topological polar surface area (TPSA) is 66.0 Å². The van der Waals surface area contributed by atoms with Crippen LogP contribution in [0, 0.1) is 23.7 Å². The van der Waals surface area contributed by atoms with Crippen molar-refractivity contribution in [1.82, 2.24) is 0 Å². The van der Waals surface area contributed by atoms with E-state index in [-0.39, 0.29) is 17.5 Å². The summed E-state index contributed by atoms with van der Waals surface area (Å²) in [4.78, 5) is 14.6. The van der Waals surface area contributed by atoms with Gasteiger partial charge in [0.2, 0.25) is 0 Å². The van der Waals surface area contributed by atoms with Gasteiger partial charge in [0.15, 0.2) is 6.10 Å². The first-order valence-corrected chi connectivity index (χ1v) is 6.63. The minimum Gasteiger partial charge on any atom is -0.361 e. The van der Waals surface area contributed by atoms with Crippen LogP contribution in [0.4, 0.5) is 0 Å². The first-order chi connectivity index (χ1) is 8.24. The molecule has 4 saturated carbocycles. The van der Waals surface area contributed by atoms with E-state index in [0.29, 0.717) is 11.8 Å². The number of ketones is 1. The van der Waals surface area contributed by atoms with Crippen molar-refractivity contribution in [2.24, 2.45) is 23.7 Å². The molecule has 0 aromatic heterocycles. The molecule has 0 amide bonds. The number of rotatable bonds is 2. The van der Waals surface area contributed by atoms with Gasteiger partial charge >= 0.3 is 6.21 Å². The van der Waals surface area contributed by atoms with Gasteiger partial charge < -0.3 is 10.3 Å². The monoisotopic (exact) mass is 232 g/mol. The Kier molecular flexibility index (Phi) is 1.80. The molecular weight excluding hydrogens is 216 g/mol. The lowest BCUT2D eigenvalue weighted by Gasteiger charge is -2.53. The molecule has 5 fully saturated rings. The van der Waals surface area contributed by atoms with E-state index in [1.165, 1.54) is 32.1 Å². The molecule has 17 heavy (non-hydrogen) atoms. The molecule has 4 heteroatoms. The maximum Gasteiger partial charge on any atom is 0.326 e. The summed E-state index contributed by atoms with van der Waals surface area (Å²) in [7, 11) is 0. The normalized spacial score (nSPS) is 53.5. The van der Waals surface area contributed by atoms with Gasteiger partial charge in [0.05, 0.1) is 0 Å². The summed E-state index contributed by atoms with van der Waals surface area (Å²) in [5.41, 5.74) is 8.28. The van der Waals surface area contributed by atoms with Crippen molar-refractivity contribution < 1.29 is 14.3 Å². The van der Waals surface area contributed by atoms with E-state index in [0.717, 1.165) is 18.1 Å². The summed E-state index contributed by atoms with van der Waals surface area (Å²) >= 11 is 0. The Bertz CT molecular complexity index is 411. The smallest absolute Gasteiger partial charge is 0.326 e. The molecule has 1 heterocycles. The van der Waals surface area contributed by atoms with Crippen LogP contribution in [0.3, 0.4) is 0 Å². The molecule has 90 valence electrons. The first-order valence-electron chi connectivity index (χ1n) is 6.63. The second kappa shape index (κ2) is 3.06. The Morgan fingerprint density at radius 1 is 1.18 bits per heavy atom. The zero-order valence-electron chi connectivity index (χ0n) is 9.71. The number of hydrogen-bond acceptors (Lipinski definition) is 2. The Morgan fingerprint density at radius 2 is 1.76 bits per heavy atom. The van der Waals surface area contributed by atoms with Gasteiger partial charge in [-0.15, -0.1) is 0 Å². The standard InChI is InChI=1S/C13H16N2O2/c14-15-6-11(16)12-13(17-12)9-2-7-1-8(4-9)5-10(13)3-7/h6-10,12H,1-5H2/t7?,8?,9?,10?,12-,13?/m1/s1. The molecule has 4 aliphatic carbocycles. The molecule has 1 atom stereocenters. The summed E-state index contributed by atoms with van der Waals surface area (Å²) in [6, 6.07) is 0. The van der Waals surface area contributed by atoms with Crippen LogP contribution in [-0.4, -0.2) is 28.5 Å². The van der Waals surface area contributed by atoms with E-state index >= 15 is 0 Å². The van der Waals surface area contributed by atoms with Crippen molar-refractivity contribution in [3.05, 3.63) is 5.53 Å². The van der Waals surface area contributed by atoms with E-state index in [1.807, 2.05) is 0 Å². The molecule has 0 radical (unpaired) electrons. The molecule has 0 aromatic carbocycles. The van der Waals surface area contributed by atoms with Crippen LogP contribution in [0.15, 0.2) is 0 Å². The quantitative estimate of drug-likeness (QED) is 0.313. The highest BCUT2D eigenvalue weighted by Crippen LogP contribution is 2.66. The Hall–Kier alpha value is -0.990. The van der Waals surface area contributed by atoms with Gasteiger partial charge in [-0.2, -0.15) is 4.79 Å². The highest BCUT2D eigenvalue weighted by molar-refractivity contribution is 6.28. The lowest BCUT2D eigenvalue weighted by atomic mass is 9.50. The highest BCUT2D eigenvalue weighted by atomic mass is 16.6. The van der Waals surface area contributed by atoms with Crippen LogP contribution in [0.2, 0.25) is 0 Å². The molecule has 1 aliphatic heterocycles. The Labute approximate surface area is 100.0 Å². The summed E-state index contributed by atoms with van der Waals surface area (Å²) in [5, 5.41) is 0. The van der Waals surface area contributed by atoms with Crippen molar-refractivity contribution >= 4 is 12.0 Å². The molecule has 1 saturated heterocycles. The molecule has 4 nitrogen and oxygen atoms in total. The number of carbonyl (C=O) groups is 1. The number of Topliss-reactive ketones (excluding diaryl/α,β-unsaturated/α-hetero) is 1. The number of ether oxygens (including phenoxy) is 1. The number of epoxide rings is 1. The minimum absolute atomic E-state index is 0.153. The van der Waals surface area contributed by atoms with Gasteiger partial charge in [0.1, 0.15) is 5.60 Å². The zero-order valence-corrected chi connectivity index (χ0v) is 9.71. The van der Waals surface area contributed by atoms with Gasteiger partial charge in [-0.3, -0.25) is 4.79 Å². The fraction of sp³-hybridized carbons (Fsp3) is 0.846. The van der Waals surface area contributed by atoms with Crippen molar-refractivity contribution in [2.75, 3.05) is 0 Å². The van der Waals surface area contributed by atoms with E-state index in [4.69, 9.17) is 10.3 Å². The van der Waals surface area contributed by atoms with E-state index in [1.54, 1.807) is 0 Å². The molecule has 0 unspecified atom stereocenters. The van der Waals surface area contributed by atoms with Crippen LogP contribution in [0.25, 0.3) is 5.53 Å². The fourth-order valence-corrected chi connectivity index (χ4v) is 5.12. The first kappa shape index (κ1) is 9.98. The van der Waals surface area contributed by atoms with Gasteiger partial charge in [-0.1, -0.05) is 0 Å². The molecule has 0 aromatic rings. The number of carbonyl (C=O) groups excluding carboxylic acids is 1. The second-order valence-electron chi connectivity index (χ2n) is 6.30. The van der Waals surface area contributed by atoms with Gasteiger partial charge in [0, 0.05) is 0 Å². The average Bonchev–Trinajstić information content (AvgIpc) is 3.02. The maximum atomic E-state index is 11.8. The van der Waals surface area contributed by atoms with Crippen LogP contribution in [-0.2, 0) is 9.53 Å². The summed E-state index contributed by atoms with van der Waals surface area (Å²) < 4.78 is 5.84. The van der Waals surface area contributed by atoms with Crippen molar-refractivity contribution in [1.29, 1.82) is 0 Å². The van der Waals surface area contributed by atoms with Gasteiger partial charge in [-0.05, 0) is 55.8 Å². The molecule has 1 spiro atoms.